The summed E-state index contributed by atoms with van der Waals surface area (Å²) in [4.78, 5) is 24.4. The van der Waals surface area contributed by atoms with Gasteiger partial charge in [0.1, 0.15) is 11.4 Å². The number of hydrogen-bond donors (Lipinski definition) is 2. The number of hydrogen-bond acceptors (Lipinski definition) is 6. The fourth-order valence-electron chi connectivity index (χ4n) is 3.23. The van der Waals surface area contributed by atoms with Crippen LogP contribution in [0.15, 0.2) is 36.4 Å². The Morgan fingerprint density at radius 2 is 1.78 bits per heavy atom. The lowest BCUT2D eigenvalue weighted by Gasteiger charge is -2.34. The Kier molecular flexibility index (Phi) is 6.55. The second-order valence-electron chi connectivity index (χ2n) is 6.88. The third kappa shape index (κ3) is 5.68. The minimum atomic E-state index is -4.82. The lowest BCUT2D eigenvalue weighted by molar-refractivity contribution is -0.384. The molecule has 0 aliphatic carbocycles. The molecule has 1 saturated heterocycles. The highest BCUT2D eigenvalue weighted by Gasteiger charge is 2.31. The summed E-state index contributed by atoms with van der Waals surface area (Å²) < 4.78 is 55.1. The van der Waals surface area contributed by atoms with Gasteiger partial charge in [0.05, 0.1) is 16.7 Å². The van der Waals surface area contributed by atoms with E-state index in [-0.39, 0.29) is 44.1 Å². The van der Waals surface area contributed by atoms with Gasteiger partial charge in [-0.15, -0.1) is 13.2 Å². The van der Waals surface area contributed by atoms with Gasteiger partial charge >= 0.3 is 12.5 Å². The van der Waals surface area contributed by atoms with E-state index in [0.29, 0.717) is 5.56 Å². The van der Waals surface area contributed by atoms with Gasteiger partial charge in [0.2, 0.25) is 0 Å². The Hall–Kier alpha value is -3.77. The molecule has 1 aliphatic heterocycles. The minimum Gasteiger partial charge on any atom is -0.465 e. The largest absolute Gasteiger partial charge is 0.573 e. The molecule has 1 heterocycles. The van der Waals surface area contributed by atoms with Gasteiger partial charge < -0.3 is 25.0 Å². The van der Waals surface area contributed by atoms with Crippen LogP contribution in [0.5, 0.6) is 5.75 Å². The number of carboxylic acid groups (broad SMARTS) is 1. The Balaban J connectivity index is 1.76. The molecule has 0 unspecified atom stereocenters. The van der Waals surface area contributed by atoms with Gasteiger partial charge in [-0.25, -0.2) is 9.18 Å². The van der Waals surface area contributed by atoms with Crippen molar-refractivity contribution in [2.75, 3.05) is 36.4 Å². The number of nitrogens with zero attached hydrogens (tertiary/aromatic N) is 3. The van der Waals surface area contributed by atoms with E-state index in [4.69, 9.17) is 5.11 Å². The molecule has 2 N–H and O–H groups in total. The number of amides is 1. The van der Waals surface area contributed by atoms with Crippen LogP contribution < -0.4 is 15.0 Å². The summed E-state index contributed by atoms with van der Waals surface area (Å²) in [6.07, 6.45) is -5.90. The van der Waals surface area contributed by atoms with Crippen LogP contribution in [-0.2, 0) is 6.54 Å². The van der Waals surface area contributed by atoms with E-state index in [0.717, 1.165) is 18.2 Å². The summed E-state index contributed by atoms with van der Waals surface area (Å²) in [5.74, 6) is -1.23. The topological polar surface area (TPSA) is 108 Å². The van der Waals surface area contributed by atoms with Crippen LogP contribution in [0.3, 0.4) is 0 Å². The molecule has 1 fully saturated rings. The maximum atomic E-state index is 14.6. The van der Waals surface area contributed by atoms with Crippen molar-refractivity contribution in [1.29, 1.82) is 0 Å². The molecule has 2 aromatic carbocycles. The van der Waals surface area contributed by atoms with Crippen molar-refractivity contribution in [3.05, 3.63) is 57.9 Å². The van der Waals surface area contributed by atoms with Gasteiger partial charge in [0.15, 0.2) is 5.82 Å². The Morgan fingerprint density at radius 3 is 2.31 bits per heavy atom. The van der Waals surface area contributed by atoms with Crippen LogP contribution in [0, 0.1) is 15.9 Å². The molecular weight excluding hydrogens is 440 g/mol. The number of rotatable bonds is 6. The minimum absolute atomic E-state index is 0.0164. The third-order valence-corrected chi connectivity index (χ3v) is 4.79. The zero-order chi connectivity index (χ0) is 23.5. The number of alkyl halides is 3. The molecule has 0 spiro atoms. The number of nitro benzene ring substituents is 1. The first kappa shape index (κ1) is 22.9. The molecule has 32 heavy (non-hydrogen) atoms. The highest BCUT2D eigenvalue weighted by Crippen LogP contribution is 2.33. The Bertz CT molecular complexity index is 992. The maximum Gasteiger partial charge on any atom is 0.573 e. The standard InChI is InChI=1S/C19H18F4N4O5/c20-14-9-17(27(30)31)15(10-16(14)25-5-7-26(8-6-25)18(28)29)24-11-12-1-3-13(4-2-12)32-19(21,22)23/h1-4,9-10,24H,5-8,11H2,(H,28,29). The second-order valence-corrected chi connectivity index (χ2v) is 6.88. The van der Waals surface area contributed by atoms with Crippen molar-refractivity contribution < 1.29 is 37.1 Å². The molecule has 2 aromatic rings. The van der Waals surface area contributed by atoms with Crippen molar-refractivity contribution in [2.24, 2.45) is 0 Å². The molecule has 3 rings (SSSR count). The van der Waals surface area contributed by atoms with Crippen LogP contribution >= 0.6 is 0 Å². The molecule has 1 amide bonds. The molecule has 0 radical (unpaired) electrons. The normalized spacial score (nSPS) is 14.2. The lowest BCUT2D eigenvalue weighted by atomic mass is 10.1. The van der Waals surface area contributed by atoms with Crippen LogP contribution in [0.4, 0.5) is 39.4 Å². The molecule has 0 saturated carbocycles. The number of nitro groups is 1. The summed E-state index contributed by atoms with van der Waals surface area (Å²) in [7, 11) is 0. The molecular formula is C19H18F4N4O5. The van der Waals surface area contributed by atoms with E-state index in [1.54, 1.807) is 4.90 Å². The summed E-state index contributed by atoms with van der Waals surface area (Å²) in [6, 6.07) is 6.98. The first-order chi connectivity index (χ1) is 15.0. The Morgan fingerprint density at radius 1 is 1.16 bits per heavy atom. The average Bonchev–Trinajstić information content (AvgIpc) is 2.72. The molecule has 9 nitrogen and oxygen atoms in total. The zero-order valence-corrected chi connectivity index (χ0v) is 16.4. The molecule has 1 aliphatic rings. The summed E-state index contributed by atoms with van der Waals surface area (Å²) in [5, 5.41) is 23.2. The van der Waals surface area contributed by atoms with Gasteiger partial charge in [-0.05, 0) is 23.8 Å². The first-order valence-corrected chi connectivity index (χ1v) is 9.33. The van der Waals surface area contributed by atoms with E-state index in [2.05, 4.69) is 10.1 Å². The number of carbonyl (C=O) groups is 1. The molecule has 0 aromatic heterocycles. The van der Waals surface area contributed by atoms with Crippen LogP contribution in [0.25, 0.3) is 0 Å². The Labute approximate surface area is 178 Å². The smallest absolute Gasteiger partial charge is 0.465 e. The van der Waals surface area contributed by atoms with E-state index >= 15 is 0 Å². The van der Waals surface area contributed by atoms with E-state index < -0.39 is 34.6 Å². The third-order valence-electron chi connectivity index (χ3n) is 4.79. The fourth-order valence-corrected chi connectivity index (χ4v) is 3.23. The van der Waals surface area contributed by atoms with Crippen molar-refractivity contribution in [2.45, 2.75) is 12.9 Å². The van der Waals surface area contributed by atoms with E-state index in [1.165, 1.54) is 23.1 Å². The van der Waals surface area contributed by atoms with Gasteiger partial charge in [-0.2, -0.15) is 0 Å². The number of benzene rings is 2. The number of nitrogens with one attached hydrogen (secondary N) is 1. The van der Waals surface area contributed by atoms with Gasteiger partial charge in [0, 0.05) is 32.7 Å². The van der Waals surface area contributed by atoms with Crippen molar-refractivity contribution in [3.8, 4) is 5.75 Å². The van der Waals surface area contributed by atoms with Crippen LogP contribution in [0.2, 0.25) is 0 Å². The molecule has 172 valence electrons. The number of ether oxygens (including phenoxy) is 1. The predicted molar refractivity (Wildman–Crippen MR) is 105 cm³/mol. The van der Waals surface area contributed by atoms with Gasteiger partial charge in [-0.3, -0.25) is 10.1 Å². The van der Waals surface area contributed by atoms with Gasteiger partial charge in [-0.1, -0.05) is 12.1 Å². The summed E-state index contributed by atoms with van der Waals surface area (Å²) in [5.41, 5.74) is 0.0990. The quantitative estimate of drug-likeness (QED) is 0.382. The average molecular weight is 458 g/mol. The number of piperazine rings is 1. The maximum absolute atomic E-state index is 14.6. The first-order valence-electron chi connectivity index (χ1n) is 9.33. The number of anilines is 2. The fraction of sp³-hybridized carbons (Fsp3) is 0.316. The van der Waals surface area contributed by atoms with Crippen molar-refractivity contribution in [3.63, 3.8) is 0 Å². The van der Waals surface area contributed by atoms with E-state index in [1.807, 2.05) is 0 Å². The van der Waals surface area contributed by atoms with E-state index in [9.17, 15) is 32.5 Å². The SMILES string of the molecule is O=C(O)N1CCN(c2cc(NCc3ccc(OC(F)(F)F)cc3)c([N+](=O)[O-])cc2F)CC1. The lowest BCUT2D eigenvalue weighted by Crippen LogP contribution is -2.48. The molecule has 0 atom stereocenters. The summed E-state index contributed by atoms with van der Waals surface area (Å²) >= 11 is 0. The highest BCUT2D eigenvalue weighted by atomic mass is 19.4. The van der Waals surface area contributed by atoms with Crippen molar-refractivity contribution >= 4 is 23.2 Å². The van der Waals surface area contributed by atoms with Crippen LogP contribution in [-0.4, -0.2) is 53.6 Å². The van der Waals surface area contributed by atoms with Crippen LogP contribution in [0.1, 0.15) is 5.56 Å². The molecule has 0 bridgehead atoms. The van der Waals surface area contributed by atoms with Gasteiger partial charge in [0.25, 0.3) is 5.69 Å². The second kappa shape index (κ2) is 9.16. The number of halogens is 4. The monoisotopic (exact) mass is 458 g/mol. The van der Waals surface area contributed by atoms with Crippen molar-refractivity contribution in [1.82, 2.24) is 4.90 Å². The predicted octanol–water partition coefficient (Wildman–Crippen LogP) is 4.04. The summed E-state index contributed by atoms with van der Waals surface area (Å²) in [6.45, 7) is 0.745. The zero-order valence-electron chi connectivity index (χ0n) is 16.4. The highest BCUT2D eigenvalue weighted by molar-refractivity contribution is 5.70. The molecule has 13 heteroatoms.